The van der Waals surface area contributed by atoms with Crippen molar-refractivity contribution in [2.75, 3.05) is 0 Å². The molecule has 0 aliphatic carbocycles. The molecule has 0 bridgehead atoms. The van der Waals surface area contributed by atoms with E-state index in [9.17, 15) is 5.11 Å². The molecule has 3 aromatic heterocycles. The first-order valence-corrected chi connectivity index (χ1v) is 9.82. The van der Waals surface area contributed by atoms with Gasteiger partial charge in [-0.2, -0.15) is 0 Å². The highest BCUT2D eigenvalue weighted by Crippen LogP contribution is 2.35. The van der Waals surface area contributed by atoms with Crippen LogP contribution in [0.1, 0.15) is 2.74 Å². The summed E-state index contributed by atoms with van der Waals surface area (Å²) >= 11 is 0. The maximum Gasteiger partial charge on any atom is 0.219 e. The van der Waals surface area contributed by atoms with Crippen molar-refractivity contribution in [3.63, 3.8) is 0 Å². The van der Waals surface area contributed by atoms with E-state index < -0.39 is 0 Å². The van der Waals surface area contributed by atoms with E-state index in [1.54, 1.807) is 18.2 Å². The molecule has 0 saturated heterocycles. The Morgan fingerprint density at radius 2 is 1.77 bits per heavy atom. The molecule has 0 aliphatic rings. The van der Waals surface area contributed by atoms with Crippen LogP contribution in [-0.4, -0.2) is 19.6 Å². The zero-order chi connectivity index (χ0) is 22.5. The molecule has 0 radical (unpaired) electrons. The lowest BCUT2D eigenvalue weighted by atomic mass is 10.1. The SMILES string of the molecule is [2H]c1cnc(-n2c3ccccc3c3ccc(Oc4ccc5cccc(O)c5n4)cc32)c([2H])c1. The molecule has 6 rings (SSSR count). The molecule has 6 aromatic rings. The highest BCUT2D eigenvalue weighted by atomic mass is 16.5. The van der Waals surface area contributed by atoms with Gasteiger partial charge in [-0.05, 0) is 42.4 Å². The molecule has 0 unspecified atom stereocenters. The number of benzene rings is 3. The maximum atomic E-state index is 10.1. The Morgan fingerprint density at radius 3 is 2.71 bits per heavy atom. The van der Waals surface area contributed by atoms with E-state index in [0.29, 0.717) is 23.0 Å². The van der Waals surface area contributed by atoms with Crippen LogP contribution < -0.4 is 4.74 Å². The summed E-state index contributed by atoms with van der Waals surface area (Å²) in [7, 11) is 0. The second kappa shape index (κ2) is 6.85. The third-order valence-electron chi connectivity index (χ3n) is 5.30. The van der Waals surface area contributed by atoms with Gasteiger partial charge in [0, 0.05) is 34.5 Å². The van der Waals surface area contributed by atoms with E-state index in [1.165, 1.54) is 12.3 Å². The molecule has 3 heterocycles. The summed E-state index contributed by atoms with van der Waals surface area (Å²) in [5.41, 5.74) is 2.22. The summed E-state index contributed by atoms with van der Waals surface area (Å²) in [6, 6.07) is 24.4. The summed E-state index contributed by atoms with van der Waals surface area (Å²) in [6.45, 7) is 0. The summed E-state index contributed by atoms with van der Waals surface area (Å²) < 4.78 is 24.1. The average molecular weight is 405 g/mol. The third-order valence-corrected chi connectivity index (χ3v) is 5.30. The summed E-state index contributed by atoms with van der Waals surface area (Å²) in [6.07, 6.45) is 1.44. The van der Waals surface area contributed by atoms with E-state index in [1.807, 2.05) is 59.2 Å². The number of phenols is 1. The Kier molecular flexibility index (Phi) is 3.41. The van der Waals surface area contributed by atoms with Gasteiger partial charge in [-0.15, -0.1) is 0 Å². The predicted molar refractivity (Wildman–Crippen MR) is 122 cm³/mol. The molecule has 5 heteroatoms. The fourth-order valence-electron chi connectivity index (χ4n) is 3.93. The lowest BCUT2D eigenvalue weighted by Crippen LogP contribution is -1.96. The van der Waals surface area contributed by atoms with Crippen molar-refractivity contribution in [3.8, 4) is 23.2 Å². The molecule has 0 fully saturated rings. The first kappa shape index (κ1) is 15.5. The Bertz CT molecular complexity index is 1690. The standard InChI is InChI=1S/C26H17N3O2/c30-23-9-5-6-17-11-14-25(28-26(17)23)31-18-12-13-20-19-7-1-2-8-21(19)29(22(20)16-18)24-10-3-4-15-27-24/h1-16,30H/i4D,10D. The molecule has 31 heavy (non-hydrogen) atoms. The number of ether oxygens (including phenoxy) is 1. The molecular weight excluding hydrogens is 386 g/mol. The van der Waals surface area contributed by atoms with E-state index in [0.717, 1.165) is 27.2 Å². The Balaban J connectivity index is 1.53. The summed E-state index contributed by atoms with van der Waals surface area (Å²) in [5, 5.41) is 13.0. The molecule has 5 nitrogen and oxygen atoms in total. The topological polar surface area (TPSA) is 60.2 Å². The quantitative estimate of drug-likeness (QED) is 0.379. The van der Waals surface area contributed by atoms with E-state index in [-0.39, 0.29) is 17.8 Å². The second-order valence-corrected chi connectivity index (χ2v) is 7.17. The van der Waals surface area contributed by atoms with E-state index in [2.05, 4.69) is 9.97 Å². The number of hydrogen-bond acceptors (Lipinski definition) is 4. The predicted octanol–water partition coefficient (Wildman–Crippen LogP) is 6.22. The van der Waals surface area contributed by atoms with E-state index in [4.69, 9.17) is 7.48 Å². The average Bonchev–Trinajstić information content (AvgIpc) is 3.13. The Hall–Kier alpha value is -4.38. The third kappa shape index (κ3) is 2.87. The zero-order valence-electron chi connectivity index (χ0n) is 18.3. The van der Waals surface area contributed by atoms with Gasteiger partial charge in [0.2, 0.25) is 5.88 Å². The van der Waals surface area contributed by atoms with Gasteiger partial charge in [0.25, 0.3) is 0 Å². The highest BCUT2D eigenvalue weighted by Gasteiger charge is 2.14. The Labute approximate surface area is 180 Å². The van der Waals surface area contributed by atoms with Gasteiger partial charge in [0.1, 0.15) is 22.8 Å². The van der Waals surface area contributed by atoms with Crippen LogP contribution in [0.15, 0.2) is 97.1 Å². The van der Waals surface area contributed by atoms with Crippen LogP contribution in [0.2, 0.25) is 0 Å². The number of aromatic hydroxyl groups is 1. The van der Waals surface area contributed by atoms with Crippen molar-refractivity contribution < 1.29 is 12.6 Å². The molecular formula is C26H17N3O2. The van der Waals surface area contributed by atoms with Gasteiger partial charge in [-0.3, -0.25) is 4.57 Å². The van der Waals surface area contributed by atoms with Crippen molar-refractivity contribution in [3.05, 3.63) is 97.1 Å². The lowest BCUT2D eigenvalue weighted by molar-refractivity contribution is 0.460. The molecule has 0 aliphatic heterocycles. The first-order valence-electron chi connectivity index (χ1n) is 10.8. The fraction of sp³-hybridized carbons (Fsp3) is 0. The van der Waals surface area contributed by atoms with Gasteiger partial charge < -0.3 is 9.84 Å². The van der Waals surface area contributed by atoms with Gasteiger partial charge in [0.15, 0.2) is 0 Å². The second-order valence-electron chi connectivity index (χ2n) is 7.17. The summed E-state index contributed by atoms with van der Waals surface area (Å²) in [5.74, 6) is 1.48. The van der Waals surface area contributed by atoms with Gasteiger partial charge in [0.05, 0.1) is 13.8 Å². The van der Waals surface area contributed by atoms with Crippen LogP contribution in [0, 0.1) is 0 Å². The van der Waals surface area contributed by atoms with Crippen LogP contribution >= 0.6 is 0 Å². The molecule has 0 spiro atoms. The number of nitrogens with zero attached hydrogens (tertiary/aromatic N) is 3. The highest BCUT2D eigenvalue weighted by molar-refractivity contribution is 6.09. The minimum absolute atomic E-state index is 0.0976. The van der Waals surface area contributed by atoms with Crippen LogP contribution in [0.25, 0.3) is 38.5 Å². The van der Waals surface area contributed by atoms with Crippen molar-refractivity contribution in [2.24, 2.45) is 0 Å². The molecule has 0 saturated carbocycles. The molecule has 1 N–H and O–H groups in total. The minimum Gasteiger partial charge on any atom is -0.506 e. The molecule has 148 valence electrons. The van der Waals surface area contributed by atoms with Crippen LogP contribution in [0.5, 0.6) is 17.4 Å². The zero-order valence-corrected chi connectivity index (χ0v) is 16.3. The van der Waals surface area contributed by atoms with Crippen LogP contribution in [0.3, 0.4) is 0 Å². The van der Waals surface area contributed by atoms with Crippen molar-refractivity contribution >= 4 is 32.7 Å². The van der Waals surface area contributed by atoms with Gasteiger partial charge in [-0.25, -0.2) is 9.97 Å². The van der Waals surface area contributed by atoms with Crippen molar-refractivity contribution in [1.29, 1.82) is 0 Å². The maximum absolute atomic E-state index is 10.1. The number of rotatable bonds is 3. The Morgan fingerprint density at radius 1 is 0.871 bits per heavy atom. The monoisotopic (exact) mass is 405 g/mol. The minimum atomic E-state index is 0.0976. The van der Waals surface area contributed by atoms with Gasteiger partial charge in [-0.1, -0.05) is 36.4 Å². The van der Waals surface area contributed by atoms with Crippen LogP contribution in [-0.2, 0) is 0 Å². The number of pyridine rings is 2. The normalized spacial score (nSPS) is 12.3. The van der Waals surface area contributed by atoms with Crippen LogP contribution in [0.4, 0.5) is 0 Å². The van der Waals surface area contributed by atoms with Crippen molar-refractivity contribution in [2.45, 2.75) is 0 Å². The van der Waals surface area contributed by atoms with Crippen molar-refractivity contribution in [1.82, 2.24) is 14.5 Å². The smallest absolute Gasteiger partial charge is 0.219 e. The largest absolute Gasteiger partial charge is 0.506 e. The molecule has 3 aromatic carbocycles. The number of phenolic OH excluding ortho intramolecular Hbond substituents is 1. The van der Waals surface area contributed by atoms with Gasteiger partial charge >= 0.3 is 0 Å². The number of aromatic nitrogens is 3. The number of para-hydroxylation sites is 2. The van der Waals surface area contributed by atoms with E-state index >= 15 is 0 Å². The molecule has 0 atom stereocenters. The summed E-state index contributed by atoms with van der Waals surface area (Å²) in [4.78, 5) is 8.84. The number of fused-ring (bicyclic) bond motifs is 4. The first-order chi connectivity index (χ1) is 16.1. The molecule has 0 amide bonds. The fourth-order valence-corrected chi connectivity index (χ4v) is 3.93. The number of hydrogen-bond donors (Lipinski definition) is 1. The lowest BCUT2D eigenvalue weighted by Gasteiger charge is -2.09.